The van der Waals surface area contributed by atoms with Crippen molar-refractivity contribution in [3.63, 3.8) is 0 Å². The van der Waals surface area contributed by atoms with Crippen molar-refractivity contribution in [1.82, 2.24) is 4.57 Å². The molecule has 4 rings (SSSR count). The lowest BCUT2D eigenvalue weighted by Gasteiger charge is -2.19. The molecular formula is C26H27ClINS. The van der Waals surface area contributed by atoms with Crippen LogP contribution in [-0.2, 0) is 10.8 Å². The number of benzene rings is 3. The number of halogens is 2. The maximum absolute atomic E-state index is 6.58. The van der Waals surface area contributed by atoms with E-state index in [0.29, 0.717) is 0 Å². The fourth-order valence-corrected chi connectivity index (χ4v) is 6.41. The predicted molar refractivity (Wildman–Crippen MR) is 143 cm³/mol. The van der Waals surface area contributed by atoms with Crippen molar-refractivity contribution in [3.05, 3.63) is 70.7 Å². The summed E-state index contributed by atoms with van der Waals surface area (Å²) >= 11 is 8.91. The van der Waals surface area contributed by atoms with Crippen molar-refractivity contribution in [2.45, 2.75) is 57.3 Å². The van der Waals surface area contributed by atoms with Crippen LogP contribution in [0.15, 0.2) is 59.5 Å². The molecule has 0 aliphatic heterocycles. The van der Waals surface area contributed by atoms with Crippen molar-refractivity contribution in [3.8, 4) is 5.69 Å². The molecule has 1 nitrogen and oxygen atoms in total. The first kappa shape index (κ1) is 22.0. The minimum Gasteiger partial charge on any atom is -0.308 e. The van der Waals surface area contributed by atoms with Crippen LogP contribution in [0.4, 0.5) is 0 Å². The second-order valence-electron chi connectivity index (χ2n) is 9.96. The fraction of sp³-hybridized carbons (Fsp3) is 0.308. The first-order valence-electron chi connectivity index (χ1n) is 10.2. The Hall–Kier alpha value is -1.17. The summed E-state index contributed by atoms with van der Waals surface area (Å²) in [5.41, 5.74) is 6.48. The summed E-state index contributed by atoms with van der Waals surface area (Å²) in [6.07, 6.45) is 0. The number of nitrogens with zero attached hydrogens (tertiary/aromatic N) is 1. The minimum absolute atomic E-state index is 0.101. The lowest BCUT2D eigenvalue weighted by atomic mass is 9.85. The smallest absolute Gasteiger partial charge is 0.0621 e. The maximum atomic E-state index is 6.58. The molecule has 0 atom stereocenters. The molecule has 0 fully saturated rings. The minimum atomic E-state index is 0.101. The number of hydrogen-bond acceptors (Lipinski definition) is 1. The van der Waals surface area contributed by atoms with E-state index in [0.717, 1.165) is 15.6 Å². The number of fused-ring (bicyclic) bond motifs is 3. The van der Waals surface area contributed by atoms with E-state index in [-0.39, 0.29) is 10.8 Å². The molecule has 0 bridgehead atoms. The molecular weight excluding hydrogens is 521 g/mol. The van der Waals surface area contributed by atoms with Crippen LogP contribution in [0, 0.1) is 0 Å². The summed E-state index contributed by atoms with van der Waals surface area (Å²) in [6.45, 7) is 13.6. The van der Waals surface area contributed by atoms with E-state index in [2.05, 4.69) is 110 Å². The van der Waals surface area contributed by atoms with E-state index in [9.17, 15) is 0 Å². The quantitative estimate of drug-likeness (QED) is 0.226. The molecule has 0 N–H and O–H groups in total. The van der Waals surface area contributed by atoms with Gasteiger partial charge in [-0.1, -0.05) is 71.3 Å². The normalized spacial score (nSPS) is 12.8. The predicted octanol–water partition coefficient (Wildman–Crippen LogP) is 9.47. The van der Waals surface area contributed by atoms with Crippen LogP contribution >= 0.6 is 41.7 Å². The fourth-order valence-electron chi connectivity index (χ4n) is 3.97. The number of rotatable bonds is 2. The Bertz CT molecular complexity index is 1190. The molecule has 0 spiro atoms. The highest BCUT2D eigenvalue weighted by atomic mass is 127. The monoisotopic (exact) mass is 547 g/mol. The lowest BCUT2D eigenvalue weighted by molar-refractivity contribution is 0.590. The summed E-state index contributed by atoms with van der Waals surface area (Å²) < 4.78 is 2.37. The molecule has 1 heterocycles. The molecule has 4 aromatic rings. The highest BCUT2D eigenvalue weighted by Gasteiger charge is 2.22. The molecule has 1 aromatic heterocycles. The third kappa shape index (κ3) is 3.78. The molecule has 3 aromatic carbocycles. The standard InChI is InChI=1S/C26H27ClINS/c1-25(2,3)16-10-12-21-18(14-16)19-15-17(26(4,5)6)11-13-22(19)29(21)23-9-7-8-20(27)24(23)30-28/h7-15H,1-6H3. The topological polar surface area (TPSA) is 4.93 Å². The highest BCUT2D eigenvalue weighted by Crippen LogP contribution is 2.42. The molecule has 0 radical (unpaired) electrons. The van der Waals surface area contributed by atoms with E-state index in [1.165, 1.54) is 32.9 Å². The Morgan fingerprint density at radius 2 is 1.27 bits per heavy atom. The van der Waals surface area contributed by atoms with Crippen LogP contribution in [0.2, 0.25) is 5.02 Å². The Kier molecular flexibility index (Phi) is 5.70. The first-order chi connectivity index (χ1) is 14.0. The van der Waals surface area contributed by atoms with Gasteiger partial charge in [0.1, 0.15) is 0 Å². The largest absolute Gasteiger partial charge is 0.308 e. The lowest BCUT2D eigenvalue weighted by Crippen LogP contribution is -2.10. The van der Waals surface area contributed by atoms with Crippen LogP contribution in [-0.4, -0.2) is 4.57 Å². The maximum Gasteiger partial charge on any atom is 0.0621 e. The SMILES string of the molecule is CC(C)(C)c1ccc2c(c1)c1cc(C(C)(C)C)ccc1n2-c1cccc(Cl)c1SI. The molecule has 0 unspecified atom stereocenters. The van der Waals surface area contributed by atoms with E-state index in [1.807, 2.05) is 12.1 Å². The van der Waals surface area contributed by atoms with Crippen molar-refractivity contribution < 1.29 is 0 Å². The van der Waals surface area contributed by atoms with Gasteiger partial charge < -0.3 is 4.57 Å². The third-order valence-electron chi connectivity index (χ3n) is 5.76. The van der Waals surface area contributed by atoms with Gasteiger partial charge in [-0.05, 0) is 67.3 Å². The van der Waals surface area contributed by atoms with E-state index < -0.39 is 0 Å². The second-order valence-corrected chi connectivity index (χ2v) is 12.3. The van der Waals surface area contributed by atoms with Gasteiger partial charge in [0.15, 0.2) is 0 Å². The van der Waals surface area contributed by atoms with Gasteiger partial charge in [0.2, 0.25) is 0 Å². The van der Waals surface area contributed by atoms with Gasteiger partial charge in [-0.25, -0.2) is 0 Å². The average molecular weight is 548 g/mol. The van der Waals surface area contributed by atoms with Gasteiger partial charge in [-0.3, -0.25) is 0 Å². The molecule has 0 aliphatic carbocycles. The zero-order valence-electron chi connectivity index (χ0n) is 18.3. The number of aromatic nitrogens is 1. The van der Waals surface area contributed by atoms with Gasteiger partial charge in [-0.15, -0.1) is 0 Å². The molecule has 0 saturated heterocycles. The molecule has 30 heavy (non-hydrogen) atoms. The van der Waals surface area contributed by atoms with Crippen LogP contribution < -0.4 is 0 Å². The van der Waals surface area contributed by atoms with Crippen LogP contribution in [0.25, 0.3) is 27.5 Å². The average Bonchev–Trinajstić information content (AvgIpc) is 2.99. The summed E-state index contributed by atoms with van der Waals surface area (Å²) in [7, 11) is 1.67. The summed E-state index contributed by atoms with van der Waals surface area (Å²) in [4.78, 5) is 1.10. The zero-order valence-corrected chi connectivity index (χ0v) is 22.0. The summed E-state index contributed by atoms with van der Waals surface area (Å²) in [6, 6.07) is 20.0. The van der Waals surface area contributed by atoms with Crippen LogP contribution in [0.5, 0.6) is 0 Å². The van der Waals surface area contributed by atoms with Crippen molar-refractivity contribution in [2.75, 3.05) is 0 Å². The Labute approximate surface area is 200 Å². The Balaban J connectivity index is 2.16. The van der Waals surface area contributed by atoms with Gasteiger partial charge in [0, 0.05) is 32.0 Å². The van der Waals surface area contributed by atoms with Gasteiger partial charge in [0.05, 0.1) is 26.6 Å². The van der Waals surface area contributed by atoms with E-state index in [4.69, 9.17) is 11.6 Å². The zero-order chi connectivity index (χ0) is 21.8. The van der Waals surface area contributed by atoms with E-state index in [1.54, 1.807) is 8.93 Å². The molecule has 0 aliphatic rings. The van der Waals surface area contributed by atoms with Crippen LogP contribution in [0.1, 0.15) is 52.7 Å². The molecule has 0 saturated carbocycles. The first-order valence-corrected chi connectivity index (χ1v) is 13.9. The molecule has 156 valence electrons. The Morgan fingerprint density at radius 1 is 0.767 bits per heavy atom. The third-order valence-corrected chi connectivity index (χ3v) is 8.09. The second kappa shape index (κ2) is 7.75. The highest BCUT2D eigenvalue weighted by molar-refractivity contribution is 14.2. The van der Waals surface area contributed by atoms with Crippen molar-refractivity contribution in [2.24, 2.45) is 0 Å². The van der Waals surface area contributed by atoms with Crippen LogP contribution in [0.3, 0.4) is 0 Å². The van der Waals surface area contributed by atoms with Gasteiger partial charge in [-0.2, -0.15) is 0 Å². The number of hydrogen-bond donors (Lipinski definition) is 0. The molecule has 0 amide bonds. The van der Waals surface area contributed by atoms with Gasteiger partial charge in [0.25, 0.3) is 0 Å². The van der Waals surface area contributed by atoms with Crippen molar-refractivity contribution >= 4 is 63.5 Å². The summed E-state index contributed by atoms with van der Waals surface area (Å²) in [5, 5.41) is 3.39. The molecule has 4 heteroatoms. The van der Waals surface area contributed by atoms with Gasteiger partial charge >= 0.3 is 0 Å². The summed E-state index contributed by atoms with van der Waals surface area (Å²) in [5.74, 6) is 0. The van der Waals surface area contributed by atoms with Crippen molar-refractivity contribution in [1.29, 1.82) is 0 Å². The van der Waals surface area contributed by atoms with E-state index >= 15 is 0 Å². The Morgan fingerprint density at radius 3 is 1.70 bits per heavy atom.